The van der Waals surface area contributed by atoms with Gasteiger partial charge in [-0.05, 0) is 12.8 Å². The zero-order chi connectivity index (χ0) is 15.8. The zero-order valence-corrected chi connectivity index (χ0v) is 12.8. The Morgan fingerprint density at radius 1 is 1.35 bits per heavy atom. The minimum Gasteiger partial charge on any atom is -0.373 e. The molecular weight excluding hydrogens is 294 g/mol. The van der Waals surface area contributed by atoms with E-state index >= 15 is 0 Å². The van der Waals surface area contributed by atoms with Gasteiger partial charge in [0.1, 0.15) is 0 Å². The molecule has 0 radical (unpaired) electrons. The molecule has 0 aromatic carbocycles. The van der Waals surface area contributed by atoms with Crippen LogP contribution < -0.4 is 5.56 Å². The van der Waals surface area contributed by atoms with E-state index in [1.807, 2.05) is 19.4 Å². The van der Waals surface area contributed by atoms with Crippen molar-refractivity contribution in [2.24, 2.45) is 7.05 Å². The lowest BCUT2D eigenvalue weighted by molar-refractivity contribution is 0.00461. The molecule has 0 spiro atoms. The van der Waals surface area contributed by atoms with Crippen molar-refractivity contribution in [3.05, 3.63) is 58.7 Å². The molecule has 0 saturated carbocycles. The molecule has 7 heteroatoms. The van der Waals surface area contributed by atoms with Crippen molar-refractivity contribution in [1.82, 2.24) is 24.1 Å². The van der Waals surface area contributed by atoms with Crippen LogP contribution in [0.4, 0.5) is 0 Å². The van der Waals surface area contributed by atoms with Crippen LogP contribution in [0.3, 0.4) is 0 Å². The minimum absolute atomic E-state index is 0.00315. The smallest absolute Gasteiger partial charge is 0.258 e. The maximum atomic E-state index is 12.2. The van der Waals surface area contributed by atoms with Crippen molar-refractivity contribution in [1.29, 1.82) is 0 Å². The van der Waals surface area contributed by atoms with Crippen LogP contribution >= 0.6 is 0 Å². The standard InChI is InChI=1S/C16H17N5O2/c1-20-10-12(8-18-20)14-6-11(2-5-23-14)13-7-16(22)21-4-3-17-9-15(21)19-13/h3-4,7-11,14H,2,5-6H2,1H3/t11-,14+/m1/s1. The molecule has 2 atom stereocenters. The molecule has 0 amide bonds. The normalized spacial score (nSPS) is 21.6. The molecule has 7 nitrogen and oxygen atoms in total. The second-order valence-corrected chi connectivity index (χ2v) is 5.85. The van der Waals surface area contributed by atoms with Gasteiger partial charge < -0.3 is 4.74 Å². The molecule has 1 saturated heterocycles. The monoisotopic (exact) mass is 311 g/mol. The van der Waals surface area contributed by atoms with E-state index in [1.165, 1.54) is 4.40 Å². The lowest BCUT2D eigenvalue weighted by Gasteiger charge is -2.28. The summed E-state index contributed by atoms with van der Waals surface area (Å²) in [5, 5.41) is 4.20. The largest absolute Gasteiger partial charge is 0.373 e. The van der Waals surface area contributed by atoms with Crippen molar-refractivity contribution in [2.75, 3.05) is 6.61 Å². The summed E-state index contributed by atoms with van der Waals surface area (Å²) in [6.07, 6.45) is 10.3. The highest BCUT2D eigenvalue weighted by Gasteiger charge is 2.27. The fourth-order valence-corrected chi connectivity index (χ4v) is 3.10. The van der Waals surface area contributed by atoms with E-state index in [-0.39, 0.29) is 17.6 Å². The third-order valence-corrected chi connectivity index (χ3v) is 4.29. The average molecular weight is 311 g/mol. The van der Waals surface area contributed by atoms with E-state index in [1.54, 1.807) is 29.3 Å². The average Bonchev–Trinajstić information content (AvgIpc) is 3.01. The molecule has 3 aromatic rings. The first-order valence-electron chi connectivity index (χ1n) is 7.64. The van der Waals surface area contributed by atoms with Gasteiger partial charge in [0.25, 0.3) is 5.56 Å². The predicted molar refractivity (Wildman–Crippen MR) is 83.1 cm³/mol. The van der Waals surface area contributed by atoms with Gasteiger partial charge in [-0.2, -0.15) is 5.10 Å². The fraction of sp³-hybridized carbons (Fsp3) is 0.375. The van der Waals surface area contributed by atoms with Crippen LogP contribution in [0.25, 0.3) is 5.65 Å². The number of hydrogen-bond donors (Lipinski definition) is 0. The van der Waals surface area contributed by atoms with Crippen LogP contribution in [0.15, 0.2) is 41.8 Å². The quantitative estimate of drug-likeness (QED) is 0.716. The lowest BCUT2D eigenvalue weighted by Crippen LogP contribution is -2.22. The third kappa shape index (κ3) is 2.63. The molecule has 1 fully saturated rings. The van der Waals surface area contributed by atoms with Crippen LogP contribution in [-0.2, 0) is 11.8 Å². The van der Waals surface area contributed by atoms with Crippen LogP contribution in [-0.4, -0.2) is 30.8 Å². The first kappa shape index (κ1) is 14.1. The summed E-state index contributed by atoms with van der Waals surface area (Å²) >= 11 is 0. The fourth-order valence-electron chi connectivity index (χ4n) is 3.10. The third-order valence-electron chi connectivity index (χ3n) is 4.29. The Labute approximate surface area is 132 Å². The highest BCUT2D eigenvalue weighted by Crippen LogP contribution is 2.36. The number of aromatic nitrogens is 5. The second-order valence-electron chi connectivity index (χ2n) is 5.85. The van der Waals surface area contributed by atoms with E-state index < -0.39 is 0 Å². The highest BCUT2D eigenvalue weighted by atomic mass is 16.5. The van der Waals surface area contributed by atoms with Crippen LogP contribution in [0.2, 0.25) is 0 Å². The van der Waals surface area contributed by atoms with Crippen LogP contribution in [0.1, 0.15) is 36.1 Å². The first-order valence-corrected chi connectivity index (χ1v) is 7.64. The van der Waals surface area contributed by atoms with Crippen LogP contribution in [0.5, 0.6) is 0 Å². The molecule has 4 rings (SSSR count). The van der Waals surface area contributed by atoms with E-state index in [0.717, 1.165) is 24.1 Å². The summed E-state index contributed by atoms with van der Waals surface area (Å²) in [6, 6.07) is 1.63. The maximum absolute atomic E-state index is 12.2. The Bertz CT molecular complexity index is 901. The molecule has 0 bridgehead atoms. The second kappa shape index (κ2) is 5.58. The maximum Gasteiger partial charge on any atom is 0.258 e. The summed E-state index contributed by atoms with van der Waals surface area (Å²) in [5.74, 6) is 0.201. The zero-order valence-electron chi connectivity index (χ0n) is 12.8. The van der Waals surface area contributed by atoms with Crippen molar-refractivity contribution in [2.45, 2.75) is 24.9 Å². The molecule has 4 heterocycles. The minimum atomic E-state index is -0.0724. The summed E-state index contributed by atoms with van der Waals surface area (Å²) in [5.41, 5.74) is 2.40. The number of rotatable bonds is 2. The molecule has 0 aliphatic carbocycles. The Balaban J connectivity index is 1.66. The predicted octanol–water partition coefficient (Wildman–Crippen LogP) is 1.46. The van der Waals surface area contributed by atoms with E-state index in [9.17, 15) is 4.79 Å². The summed E-state index contributed by atoms with van der Waals surface area (Å²) in [7, 11) is 1.89. The van der Waals surface area contributed by atoms with Gasteiger partial charge in [0, 0.05) is 49.8 Å². The van der Waals surface area contributed by atoms with E-state index in [4.69, 9.17) is 4.74 Å². The molecule has 0 unspecified atom stereocenters. The SMILES string of the molecule is Cn1cc([C@@H]2C[C@H](c3cc(=O)n4ccncc4n3)CCO2)cn1. The number of aryl methyl sites for hydroxylation is 1. The van der Waals surface area contributed by atoms with E-state index in [2.05, 4.69) is 15.1 Å². The Morgan fingerprint density at radius 2 is 2.26 bits per heavy atom. The van der Waals surface area contributed by atoms with Gasteiger partial charge in [-0.15, -0.1) is 0 Å². The topological polar surface area (TPSA) is 74.3 Å². The lowest BCUT2D eigenvalue weighted by atomic mass is 9.90. The van der Waals surface area contributed by atoms with Gasteiger partial charge in [-0.3, -0.25) is 18.9 Å². The van der Waals surface area contributed by atoms with Crippen molar-refractivity contribution >= 4 is 5.65 Å². The molecule has 118 valence electrons. The summed E-state index contributed by atoms with van der Waals surface area (Å²) in [4.78, 5) is 20.9. The Kier molecular flexibility index (Phi) is 3.42. The molecule has 23 heavy (non-hydrogen) atoms. The van der Waals surface area contributed by atoms with Crippen LogP contribution in [0, 0.1) is 0 Å². The van der Waals surface area contributed by atoms with Gasteiger partial charge in [0.2, 0.25) is 0 Å². The molecule has 1 aliphatic heterocycles. The molecule has 3 aromatic heterocycles. The Hall–Kier alpha value is -2.54. The van der Waals surface area contributed by atoms with Gasteiger partial charge in [0.05, 0.1) is 24.2 Å². The summed E-state index contributed by atoms with van der Waals surface area (Å²) < 4.78 is 9.15. The van der Waals surface area contributed by atoms with Gasteiger partial charge in [0.15, 0.2) is 5.65 Å². The van der Waals surface area contributed by atoms with Crippen molar-refractivity contribution < 1.29 is 4.74 Å². The molecule has 1 aliphatic rings. The highest BCUT2D eigenvalue weighted by molar-refractivity contribution is 5.36. The van der Waals surface area contributed by atoms with Gasteiger partial charge >= 0.3 is 0 Å². The number of fused-ring (bicyclic) bond motifs is 1. The number of hydrogen-bond acceptors (Lipinski definition) is 5. The molecular formula is C16H17N5O2. The summed E-state index contributed by atoms with van der Waals surface area (Å²) in [6.45, 7) is 0.651. The number of ether oxygens (including phenoxy) is 1. The number of nitrogens with zero attached hydrogens (tertiary/aromatic N) is 5. The molecule has 0 N–H and O–H groups in total. The first-order chi connectivity index (χ1) is 11.2. The van der Waals surface area contributed by atoms with Gasteiger partial charge in [-0.1, -0.05) is 0 Å². The van der Waals surface area contributed by atoms with Crippen molar-refractivity contribution in [3.8, 4) is 0 Å². The van der Waals surface area contributed by atoms with E-state index in [0.29, 0.717) is 12.3 Å². The Morgan fingerprint density at radius 3 is 3.09 bits per heavy atom. The van der Waals surface area contributed by atoms with Gasteiger partial charge in [-0.25, -0.2) is 4.98 Å². The van der Waals surface area contributed by atoms with Crippen molar-refractivity contribution in [3.63, 3.8) is 0 Å².